The Bertz CT molecular complexity index is 992. The van der Waals surface area contributed by atoms with Crippen LogP contribution in [0.25, 0.3) is 0 Å². The second kappa shape index (κ2) is 6.98. The fourth-order valence-electron chi connectivity index (χ4n) is 2.97. The van der Waals surface area contributed by atoms with Gasteiger partial charge in [-0.3, -0.25) is 4.79 Å². The van der Waals surface area contributed by atoms with E-state index in [1.165, 1.54) is 41.8 Å². The third-order valence-corrected chi connectivity index (χ3v) is 8.04. The van der Waals surface area contributed by atoms with Gasteiger partial charge in [-0.05, 0) is 37.6 Å². The molecule has 26 heavy (non-hydrogen) atoms. The average Bonchev–Trinajstić information content (AvgIpc) is 3.21. The van der Waals surface area contributed by atoms with Crippen molar-refractivity contribution in [2.24, 2.45) is 0 Å². The molecule has 1 aliphatic heterocycles. The van der Waals surface area contributed by atoms with E-state index in [1.807, 2.05) is 0 Å². The maximum atomic E-state index is 13.1. The molecule has 0 spiro atoms. The second-order valence-corrected chi connectivity index (χ2v) is 10.4. The Balaban J connectivity index is 1.97. The van der Waals surface area contributed by atoms with Gasteiger partial charge in [0, 0.05) is 11.6 Å². The molecule has 2 heterocycles. The van der Waals surface area contributed by atoms with Gasteiger partial charge in [0.15, 0.2) is 15.6 Å². The van der Waals surface area contributed by atoms with Gasteiger partial charge < -0.3 is 4.42 Å². The molecule has 1 aromatic heterocycles. The largest absolute Gasteiger partial charge is 0.468 e. The van der Waals surface area contributed by atoms with Gasteiger partial charge >= 0.3 is 0 Å². The smallest absolute Gasteiger partial charge is 0.243 e. The van der Waals surface area contributed by atoms with Gasteiger partial charge in [-0.15, -0.1) is 0 Å². The van der Waals surface area contributed by atoms with Crippen molar-refractivity contribution < 1.29 is 26.0 Å². The molecule has 1 saturated heterocycles. The highest BCUT2D eigenvalue weighted by molar-refractivity contribution is 7.92. The standard InChI is InChI=1S/C17H19NO6S2/c1-13(19)14-4-6-17(7-5-14)26(22,23)18(11-16-3-2-9-24-16)15-8-10-25(20,21)12-15/h2-7,9,15H,8,10-12H2,1H3/t15-/m1/s1. The first-order chi connectivity index (χ1) is 12.2. The van der Waals surface area contributed by atoms with Crippen molar-refractivity contribution >= 4 is 25.6 Å². The summed E-state index contributed by atoms with van der Waals surface area (Å²) in [6.45, 7) is 1.35. The summed E-state index contributed by atoms with van der Waals surface area (Å²) in [6, 6.07) is 8.27. The Hall–Kier alpha value is -1.97. The van der Waals surface area contributed by atoms with E-state index in [0.717, 1.165) is 0 Å². The highest BCUT2D eigenvalue weighted by atomic mass is 32.2. The van der Waals surface area contributed by atoms with Crippen LogP contribution in [0.15, 0.2) is 52.0 Å². The highest BCUT2D eigenvalue weighted by Gasteiger charge is 2.39. The predicted octanol–water partition coefficient (Wildman–Crippen LogP) is 1.86. The molecule has 140 valence electrons. The molecule has 1 atom stereocenters. The fourth-order valence-corrected chi connectivity index (χ4v) is 6.41. The molecule has 0 N–H and O–H groups in total. The number of hydrogen-bond acceptors (Lipinski definition) is 6. The number of sulfonamides is 1. The van der Waals surface area contributed by atoms with E-state index < -0.39 is 25.9 Å². The Kier molecular flexibility index (Phi) is 5.05. The molecule has 0 amide bonds. The average molecular weight is 397 g/mol. The van der Waals surface area contributed by atoms with Gasteiger partial charge in [0.25, 0.3) is 0 Å². The lowest BCUT2D eigenvalue weighted by Crippen LogP contribution is -2.40. The van der Waals surface area contributed by atoms with E-state index in [-0.39, 0.29) is 35.2 Å². The number of carbonyl (C=O) groups excluding carboxylic acids is 1. The Morgan fingerprint density at radius 1 is 1.23 bits per heavy atom. The number of carbonyl (C=O) groups is 1. The maximum Gasteiger partial charge on any atom is 0.243 e. The van der Waals surface area contributed by atoms with E-state index in [0.29, 0.717) is 11.3 Å². The van der Waals surface area contributed by atoms with E-state index in [1.54, 1.807) is 12.1 Å². The van der Waals surface area contributed by atoms with E-state index in [2.05, 4.69) is 0 Å². The zero-order chi connectivity index (χ0) is 18.9. The Morgan fingerprint density at radius 3 is 2.42 bits per heavy atom. The quantitative estimate of drug-likeness (QED) is 0.690. The van der Waals surface area contributed by atoms with Crippen molar-refractivity contribution in [3.63, 3.8) is 0 Å². The van der Waals surface area contributed by atoms with Crippen LogP contribution in [0.5, 0.6) is 0 Å². The summed E-state index contributed by atoms with van der Waals surface area (Å²) in [5, 5.41) is 0. The molecule has 9 heteroatoms. The van der Waals surface area contributed by atoms with E-state index >= 15 is 0 Å². The number of hydrogen-bond donors (Lipinski definition) is 0. The van der Waals surface area contributed by atoms with Gasteiger partial charge in [-0.1, -0.05) is 12.1 Å². The highest BCUT2D eigenvalue weighted by Crippen LogP contribution is 2.27. The molecule has 1 aromatic carbocycles. The van der Waals surface area contributed by atoms with E-state index in [9.17, 15) is 21.6 Å². The third-order valence-electron chi connectivity index (χ3n) is 4.37. The minimum atomic E-state index is -3.96. The first-order valence-electron chi connectivity index (χ1n) is 8.05. The molecule has 0 bridgehead atoms. The molecule has 2 aromatic rings. The van der Waals surface area contributed by atoms with Crippen molar-refractivity contribution in [1.82, 2.24) is 4.31 Å². The molecular formula is C17H19NO6S2. The minimum absolute atomic E-state index is 0.0124. The number of Topliss-reactive ketones (excluding diaryl/α,β-unsaturated/α-hetero) is 1. The summed E-state index contributed by atoms with van der Waals surface area (Å²) in [7, 11) is -7.22. The van der Waals surface area contributed by atoms with Crippen LogP contribution in [0, 0.1) is 0 Å². The Morgan fingerprint density at radius 2 is 1.92 bits per heavy atom. The SMILES string of the molecule is CC(=O)c1ccc(S(=O)(=O)N(Cc2ccco2)[C@@H]2CCS(=O)(=O)C2)cc1. The van der Waals surface area contributed by atoms with Gasteiger partial charge in [0.1, 0.15) is 5.76 Å². The zero-order valence-electron chi connectivity index (χ0n) is 14.2. The number of ketones is 1. The summed E-state index contributed by atoms with van der Waals surface area (Å²) in [6.07, 6.45) is 1.68. The topological polar surface area (TPSA) is 102 Å². The molecular weight excluding hydrogens is 378 g/mol. The minimum Gasteiger partial charge on any atom is -0.468 e. The van der Waals surface area contributed by atoms with Crippen LogP contribution in [0.2, 0.25) is 0 Å². The third kappa shape index (κ3) is 3.89. The second-order valence-electron chi connectivity index (χ2n) is 6.27. The monoisotopic (exact) mass is 397 g/mol. The number of rotatable bonds is 6. The van der Waals surface area contributed by atoms with Crippen LogP contribution in [-0.4, -0.2) is 44.5 Å². The van der Waals surface area contributed by atoms with Crippen LogP contribution in [-0.2, 0) is 26.4 Å². The number of sulfone groups is 1. The molecule has 0 saturated carbocycles. The van der Waals surface area contributed by atoms with Crippen molar-refractivity contribution in [2.45, 2.75) is 30.8 Å². The molecule has 1 fully saturated rings. The summed E-state index contributed by atoms with van der Waals surface area (Å²) >= 11 is 0. The van der Waals surface area contributed by atoms with Crippen LogP contribution in [0.4, 0.5) is 0 Å². The van der Waals surface area contributed by atoms with Gasteiger partial charge in [0.05, 0.1) is 29.2 Å². The fraction of sp³-hybridized carbons (Fsp3) is 0.353. The van der Waals surface area contributed by atoms with Crippen molar-refractivity contribution in [1.29, 1.82) is 0 Å². The van der Waals surface area contributed by atoms with Crippen molar-refractivity contribution in [3.8, 4) is 0 Å². The lowest BCUT2D eigenvalue weighted by atomic mass is 10.2. The van der Waals surface area contributed by atoms with Gasteiger partial charge in [0.2, 0.25) is 10.0 Å². The normalized spacial score (nSPS) is 19.7. The van der Waals surface area contributed by atoms with Crippen LogP contribution >= 0.6 is 0 Å². The van der Waals surface area contributed by atoms with Crippen molar-refractivity contribution in [3.05, 3.63) is 54.0 Å². The molecule has 7 nitrogen and oxygen atoms in total. The summed E-state index contributed by atoms with van der Waals surface area (Å²) in [5.74, 6) is 0.0188. The molecule has 0 unspecified atom stereocenters. The first kappa shape index (κ1) is 18.8. The first-order valence-corrected chi connectivity index (χ1v) is 11.3. The zero-order valence-corrected chi connectivity index (χ0v) is 15.8. The maximum absolute atomic E-state index is 13.1. The molecule has 0 aliphatic carbocycles. The number of benzene rings is 1. The van der Waals surface area contributed by atoms with Gasteiger partial charge in [-0.25, -0.2) is 16.8 Å². The van der Waals surface area contributed by atoms with E-state index in [4.69, 9.17) is 4.42 Å². The molecule has 3 rings (SSSR count). The number of nitrogens with zero attached hydrogens (tertiary/aromatic N) is 1. The van der Waals surface area contributed by atoms with Crippen LogP contribution in [0.3, 0.4) is 0 Å². The molecule has 1 aliphatic rings. The van der Waals surface area contributed by atoms with Crippen molar-refractivity contribution in [2.75, 3.05) is 11.5 Å². The summed E-state index contributed by atoms with van der Waals surface area (Å²) in [4.78, 5) is 11.4. The number of furan rings is 1. The van der Waals surface area contributed by atoms with Gasteiger partial charge in [-0.2, -0.15) is 4.31 Å². The molecule has 0 radical (unpaired) electrons. The van der Waals surface area contributed by atoms with Crippen LogP contribution < -0.4 is 0 Å². The van der Waals surface area contributed by atoms with Crippen LogP contribution in [0.1, 0.15) is 29.5 Å². The lowest BCUT2D eigenvalue weighted by molar-refractivity contribution is 0.101. The Labute approximate surface area is 152 Å². The lowest BCUT2D eigenvalue weighted by Gasteiger charge is -2.26. The predicted molar refractivity (Wildman–Crippen MR) is 94.9 cm³/mol. The summed E-state index contributed by atoms with van der Waals surface area (Å²) < 4.78 is 56.4. The summed E-state index contributed by atoms with van der Waals surface area (Å²) in [5.41, 5.74) is 0.407.